The number of nitrogens with zero attached hydrogens (tertiary/aromatic N) is 4. The van der Waals surface area contributed by atoms with Crippen molar-refractivity contribution in [2.24, 2.45) is 5.92 Å². The van der Waals surface area contributed by atoms with Gasteiger partial charge < -0.3 is 10.2 Å². The second-order valence-corrected chi connectivity index (χ2v) is 10.3. The molecule has 1 atom stereocenters. The molecule has 2 aromatic heterocycles. The van der Waals surface area contributed by atoms with E-state index < -0.39 is 0 Å². The molecule has 34 heavy (non-hydrogen) atoms. The van der Waals surface area contributed by atoms with E-state index in [4.69, 9.17) is 10.1 Å². The van der Waals surface area contributed by atoms with Crippen molar-refractivity contribution in [3.05, 3.63) is 47.8 Å². The summed E-state index contributed by atoms with van der Waals surface area (Å²) in [5.74, 6) is 1.17. The Balaban J connectivity index is 1.34. The Morgan fingerprint density at radius 3 is 2.59 bits per heavy atom. The normalized spacial score (nSPS) is 20.2. The van der Waals surface area contributed by atoms with E-state index in [2.05, 4.69) is 48.3 Å². The molecule has 0 spiro atoms. The fourth-order valence-corrected chi connectivity index (χ4v) is 5.69. The van der Waals surface area contributed by atoms with Crippen LogP contribution in [-0.2, 0) is 4.79 Å². The lowest BCUT2D eigenvalue weighted by atomic mass is 9.94. The molecule has 2 fully saturated rings. The molecule has 6 nitrogen and oxygen atoms in total. The summed E-state index contributed by atoms with van der Waals surface area (Å²) in [4.78, 5) is 20.2. The lowest BCUT2D eigenvalue weighted by molar-refractivity contribution is -0.126. The van der Waals surface area contributed by atoms with Crippen LogP contribution in [0.1, 0.15) is 68.9 Å². The van der Waals surface area contributed by atoms with Crippen molar-refractivity contribution in [2.45, 2.75) is 77.7 Å². The maximum Gasteiger partial charge on any atom is 0.225 e. The highest BCUT2D eigenvalue weighted by atomic mass is 16.2. The fraction of sp³-hybridized carbons (Fsp3) is 0.536. The first-order valence-corrected chi connectivity index (χ1v) is 13.1. The third-order valence-corrected chi connectivity index (χ3v) is 7.57. The molecular formula is C28H37N5O. The highest BCUT2D eigenvalue weighted by Crippen LogP contribution is 2.30. The van der Waals surface area contributed by atoms with Gasteiger partial charge in [-0.25, -0.2) is 9.50 Å². The fourth-order valence-electron chi connectivity index (χ4n) is 5.69. The minimum absolute atomic E-state index is 0.0166. The number of hydrogen-bond acceptors (Lipinski definition) is 4. The van der Waals surface area contributed by atoms with Gasteiger partial charge in [-0.05, 0) is 51.2 Å². The van der Waals surface area contributed by atoms with Crippen molar-refractivity contribution in [1.82, 2.24) is 19.9 Å². The zero-order valence-corrected chi connectivity index (χ0v) is 20.6. The molecule has 3 aromatic rings. The predicted molar refractivity (Wildman–Crippen MR) is 137 cm³/mol. The Kier molecular flexibility index (Phi) is 6.84. The Morgan fingerprint density at radius 2 is 1.79 bits per heavy atom. The number of aromatic nitrogens is 3. The highest BCUT2D eigenvalue weighted by molar-refractivity contribution is 5.81. The summed E-state index contributed by atoms with van der Waals surface area (Å²) in [6.45, 7) is 5.89. The summed E-state index contributed by atoms with van der Waals surface area (Å²) in [7, 11) is 0. The quantitative estimate of drug-likeness (QED) is 0.563. The number of fused-ring (bicyclic) bond motifs is 1. The average Bonchev–Trinajstić information content (AvgIpc) is 3.25. The summed E-state index contributed by atoms with van der Waals surface area (Å²) in [6, 6.07) is 8.96. The summed E-state index contributed by atoms with van der Waals surface area (Å²) in [5.41, 5.74) is 5.59. The van der Waals surface area contributed by atoms with Gasteiger partial charge in [-0.2, -0.15) is 5.10 Å². The largest absolute Gasteiger partial charge is 0.354 e. The minimum Gasteiger partial charge on any atom is -0.354 e. The minimum atomic E-state index is 0.0166. The molecule has 1 amide bonds. The second kappa shape index (κ2) is 10.2. The molecule has 0 radical (unpaired) electrons. The van der Waals surface area contributed by atoms with Gasteiger partial charge in [0.2, 0.25) is 5.91 Å². The molecule has 1 saturated carbocycles. The lowest BCUT2D eigenvalue weighted by Gasteiger charge is -2.34. The van der Waals surface area contributed by atoms with Gasteiger partial charge in [-0.15, -0.1) is 0 Å². The van der Waals surface area contributed by atoms with Crippen LogP contribution in [0.4, 0.5) is 5.82 Å². The number of aryl methyl sites for hydroxylation is 2. The van der Waals surface area contributed by atoms with Crippen molar-refractivity contribution >= 4 is 17.2 Å². The molecule has 1 unspecified atom stereocenters. The van der Waals surface area contributed by atoms with Gasteiger partial charge in [0.15, 0.2) is 5.82 Å². The lowest BCUT2D eigenvalue weighted by Crippen LogP contribution is -2.46. The smallest absolute Gasteiger partial charge is 0.225 e. The number of piperidine rings is 1. The topological polar surface area (TPSA) is 62.5 Å². The first kappa shape index (κ1) is 22.9. The zero-order valence-electron chi connectivity index (χ0n) is 20.6. The van der Waals surface area contributed by atoms with Crippen molar-refractivity contribution < 1.29 is 4.79 Å². The van der Waals surface area contributed by atoms with Crippen molar-refractivity contribution in [1.29, 1.82) is 0 Å². The van der Waals surface area contributed by atoms with E-state index in [0.717, 1.165) is 61.4 Å². The molecule has 1 aliphatic carbocycles. The van der Waals surface area contributed by atoms with Crippen LogP contribution < -0.4 is 10.2 Å². The first-order chi connectivity index (χ1) is 16.6. The van der Waals surface area contributed by atoms with Crippen LogP contribution in [0.5, 0.6) is 0 Å². The summed E-state index contributed by atoms with van der Waals surface area (Å²) in [6.07, 6.45) is 14.3. The van der Waals surface area contributed by atoms with Crippen LogP contribution in [-0.4, -0.2) is 39.6 Å². The van der Waals surface area contributed by atoms with Gasteiger partial charge in [0.25, 0.3) is 0 Å². The highest BCUT2D eigenvalue weighted by Gasteiger charge is 2.29. The monoisotopic (exact) mass is 459 g/mol. The van der Waals surface area contributed by atoms with E-state index in [1.165, 1.54) is 43.2 Å². The van der Waals surface area contributed by atoms with Crippen LogP contribution in [0.2, 0.25) is 0 Å². The van der Waals surface area contributed by atoms with Crippen LogP contribution in [0.15, 0.2) is 36.7 Å². The Morgan fingerprint density at radius 1 is 1.00 bits per heavy atom. The van der Waals surface area contributed by atoms with E-state index in [0.29, 0.717) is 6.04 Å². The number of hydrogen-bond donors (Lipinski definition) is 1. The molecule has 5 rings (SSSR count). The SMILES string of the molecule is Cc1ccc(-c2cc3c(N4CCCC(C(=O)NC5CCCCCCC5)C4)nccn3n2)c(C)c1. The first-order valence-electron chi connectivity index (χ1n) is 13.1. The van der Waals surface area contributed by atoms with E-state index in [1.807, 2.05) is 16.9 Å². The number of benzene rings is 1. The molecule has 180 valence electrons. The maximum atomic E-state index is 13.2. The van der Waals surface area contributed by atoms with E-state index in [1.54, 1.807) is 0 Å². The van der Waals surface area contributed by atoms with Crippen LogP contribution in [0.3, 0.4) is 0 Å². The van der Waals surface area contributed by atoms with Gasteiger partial charge in [0.1, 0.15) is 5.52 Å². The molecule has 1 aromatic carbocycles. The summed E-state index contributed by atoms with van der Waals surface area (Å²) < 4.78 is 1.93. The van der Waals surface area contributed by atoms with Crippen molar-refractivity contribution in [3.63, 3.8) is 0 Å². The predicted octanol–water partition coefficient (Wildman–Crippen LogP) is 5.46. The van der Waals surface area contributed by atoms with Crippen molar-refractivity contribution in [3.8, 4) is 11.3 Å². The molecule has 1 N–H and O–H groups in total. The average molecular weight is 460 g/mol. The summed E-state index contributed by atoms with van der Waals surface area (Å²) >= 11 is 0. The van der Waals surface area contributed by atoms with Gasteiger partial charge in [0.05, 0.1) is 11.6 Å². The Hall–Kier alpha value is -2.89. The number of nitrogens with one attached hydrogen (secondary N) is 1. The van der Waals surface area contributed by atoms with Gasteiger partial charge in [0, 0.05) is 37.1 Å². The molecule has 3 heterocycles. The second-order valence-electron chi connectivity index (χ2n) is 10.3. The van der Waals surface area contributed by atoms with Crippen LogP contribution in [0, 0.1) is 19.8 Å². The standard InChI is InChI=1S/C28H37N5O/c1-20-12-13-24(21(2)17-20)25-18-26-27(29-14-16-33(26)31-25)32-15-8-9-22(19-32)28(34)30-23-10-6-4-3-5-7-11-23/h12-14,16-18,22-23H,3-11,15,19H2,1-2H3,(H,30,34). The van der Waals surface area contributed by atoms with Crippen LogP contribution in [0.25, 0.3) is 16.8 Å². The summed E-state index contributed by atoms with van der Waals surface area (Å²) in [5, 5.41) is 8.25. The Bertz CT molecular complexity index is 1140. The molecule has 1 aliphatic heterocycles. The van der Waals surface area contributed by atoms with Crippen molar-refractivity contribution in [2.75, 3.05) is 18.0 Å². The molecular weight excluding hydrogens is 422 g/mol. The third kappa shape index (κ3) is 4.96. The molecule has 0 bridgehead atoms. The Labute approximate surface area is 202 Å². The number of carbonyl (C=O) groups is 1. The third-order valence-electron chi connectivity index (χ3n) is 7.57. The van der Waals surface area contributed by atoms with E-state index >= 15 is 0 Å². The number of rotatable bonds is 4. The molecule has 2 aliphatic rings. The maximum absolute atomic E-state index is 13.2. The van der Waals surface area contributed by atoms with E-state index in [-0.39, 0.29) is 11.8 Å². The molecule has 6 heteroatoms. The number of carbonyl (C=O) groups excluding carboxylic acids is 1. The van der Waals surface area contributed by atoms with Gasteiger partial charge in [-0.3, -0.25) is 4.79 Å². The van der Waals surface area contributed by atoms with Gasteiger partial charge in [-0.1, -0.05) is 55.9 Å². The molecule has 1 saturated heterocycles. The number of anilines is 1. The zero-order chi connectivity index (χ0) is 23.5. The van der Waals surface area contributed by atoms with E-state index in [9.17, 15) is 4.79 Å². The number of amides is 1. The van der Waals surface area contributed by atoms with Gasteiger partial charge >= 0.3 is 0 Å². The van der Waals surface area contributed by atoms with Crippen LogP contribution >= 0.6 is 0 Å².